The molecule has 1 aliphatic rings. The lowest BCUT2D eigenvalue weighted by Crippen LogP contribution is -2.14. The number of aromatic carboxylic acids is 1. The van der Waals surface area contributed by atoms with Crippen molar-refractivity contribution < 1.29 is 14.7 Å². The molecule has 1 aromatic heterocycles. The number of fused-ring (bicyclic) bond motifs is 1. The molecule has 0 saturated heterocycles. The molecule has 6 heteroatoms. The number of amides is 1. The molecule has 2 atom stereocenters. The molecule has 0 aliphatic heterocycles. The first-order chi connectivity index (χ1) is 12.5. The lowest BCUT2D eigenvalue weighted by Gasteiger charge is -2.07. The molecule has 0 unspecified atom stereocenters. The maximum atomic E-state index is 12.5. The minimum absolute atomic E-state index is 0.0579. The number of nitrogens with zero attached hydrogens (tertiary/aromatic N) is 1. The van der Waals surface area contributed by atoms with Crippen molar-refractivity contribution >= 4 is 39.9 Å². The molecular formula is C20H15ClN2O3. The molecule has 4 rings (SSSR count). The Bertz CT molecular complexity index is 1030. The molecule has 1 fully saturated rings. The van der Waals surface area contributed by atoms with E-state index in [4.69, 9.17) is 16.7 Å². The van der Waals surface area contributed by atoms with Crippen LogP contribution >= 0.6 is 11.6 Å². The highest BCUT2D eigenvalue weighted by atomic mass is 35.5. The van der Waals surface area contributed by atoms with Gasteiger partial charge in [0.1, 0.15) is 0 Å². The van der Waals surface area contributed by atoms with Crippen LogP contribution < -0.4 is 5.32 Å². The number of carboxylic acids is 1. The van der Waals surface area contributed by atoms with Gasteiger partial charge < -0.3 is 10.4 Å². The number of aromatic nitrogens is 1. The summed E-state index contributed by atoms with van der Waals surface area (Å²) < 4.78 is 0. The van der Waals surface area contributed by atoms with Crippen LogP contribution in [0.15, 0.2) is 54.9 Å². The Hall–Kier alpha value is -2.92. The van der Waals surface area contributed by atoms with Crippen LogP contribution in [-0.4, -0.2) is 22.0 Å². The zero-order chi connectivity index (χ0) is 18.3. The number of carbonyl (C=O) groups excluding carboxylic acids is 1. The van der Waals surface area contributed by atoms with Gasteiger partial charge in [-0.3, -0.25) is 9.78 Å². The third kappa shape index (κ3) is 3.13. The van der Waals surface area contributed by atoms with E-state index in [1.807, 2.05) is 24.3 Å². The molecule has 0 spiro atoms. The van der Waals surface area contributed by atoms with Gasteiger partial charge >= 0.3 is 5.97 Å². The summed E-state index contributed by atoms with van der Waals surface area (Å²) in [5.41, 5.74) is 1.81. The predicted molar refractivity (Wildman–Crippen MR) is 99.6 cm³/mol. The first-order valence-electron chi connectivity index (χ1n) is 8.20. The first-order valence-corrected chi connectivity index (χ1v) is 8.58. The Labute approximate surface area is 154 Å². The van der Waals surface area contributed by atoms with Crippen molar-refractivity contribution in [3.05, 3.63) is 71.0 Å². The first kappa shape index (κ1) is 16.5. The number of hydrogen-bond acceptors (Lipinski definition) is 3. The van der Waals surface area contributed by atoms with Crippen molar-refractivity contribution in [2.75, 3.05) is 5.32 Å². The van der Waals surface area contributed by atoms with Crippen LogP contribution in [0, 0.1) is 5.92 Å². The summed E-state index contributed by atoms with van der Waals surface area (Å²) in [5, 5.41) is 14.3. The molecule has 1 saturated carbocycles. The van der Waals surface area contributed by atoms with Crippen molar-refractivity contribution in [1.29, 1.82) is 0 Å². The Morgan fingerprint density at radius 3 is 2.81 bits per heavy atom. The van der Waals surface area contributed by atoms with E-state index in [1.54, 1.807) is 30.6 Å². The lowest BCUT2D eigenvalue weighted by molar-refractivity contribution is -0.117. The number of nitrogens with one attached hydrogen (secondary N) is 1. The highest BCUT2D eigenvalue weighted by Gasteiger charge is 2.44. The topological polar surface area (TPSA) is 79.3 Å². The number of anilines is 1. The van der Waals surface area contributed by atoms with Gasteiger partial charge in [-0.25, -0.2) is 4.79 Å². The molecule has 5 nitrogen and oxygen atoms in total. The van der Waals surface area contributed by atoms with Crippen molar-refractivity contribution in [3.63, 3.8) is 0 Å². The number of pyridine rings is 1. The van der Waals surface area contributed by atoms with E-state index in [0.717, 1.165) is 16.3 Å². The summed E-state index contributed by atoms with van der Waals surface area (Å²) in [6.45, 7) is 0. The molecule has 1 heterocycles. The minimum Gasteiger partial charge on any atom is -0.478 e. The summed E-state index contributed by atoms with van der Waals surface area (Å²) in [6, 6.07) is 12.3. The number of hydrogen-bond donors (Lipinski definition) is 2. The average Bonchev–Trinajstić information content (AvgIpc) is 3.43. The van der Waals surface area contributed by atoms with Gasteiger partial charge in [-0.05, 0) is 42.2 Å². The second kappa shape index (κ2) is 6.42. The van der Waals surface area contributed by atoms with Crippen molar-refractivity contribution in [2.24, 2.45) is 5.92 Å². The van der Waals surface area contributed by atoms with E-state index in [-0.39, 0.29) is 23.3 Å². The van der Waals surface area contributed by atoms with Gasteiger partial charge in [0, 0.05) is 34.8 Å². The van der Waals surface area contributed by atoms with Crippen LogP contribution in [0.3, 0.4) is 0 Å². The summed E-state index contributed by atoms with van der Waals surface area (Å²) >= 11 is 6.16. The predicted octanol–water partition coefficient (Wildman–Crippen LogP) is 4.33. The van der Waals surface area contributed by atoms with Gasteiger partial charge in [-0.1, -0.05) is 29.8 Å². The van der Waals surface area contributed by atoms with Crippen LogP contribution in [0.5, 0.6) is 0 Å². The fourth-order valence-corrected chi connectivity index (χ4v) is 3.42. The molecule has 1 amide bonds. The van der Waals surface area contributed by atoms with Crippen molar-refractivity contribution in [1.82, 2.24) is 4.98 Å². The summed E-state index contributed by atoms with van der Waals surface area (Å²) in [7, 11) is 0. The van der Waals surface area contributed by atoms with E-state index in [2.05, 4.69) is 10.3 Å². The largest absolute Gasteiger partial charge is 0.478 e. The van der Waals surface area contributed by atoms with Crippen molar-refractivity contribution in [3.8, 4) is 0 Å². The smallest absolute Gasteiger partial charge is 0.335 e. The third-order valence-electron chi connectivity index (χ3n) is 4.67. The van der Waals surface area contributed by atoms with Gasteiger partial charge in [-0.2, -0.15) is 0 Å². The fraction of sp³-hybridized carbons (Fsp3) is 0.150. The molecule has 0 radical (unpaired) electrons. The molecule has 130 valence electrons. The average molecular weight is 367 g/mol. The molecule has 2 aromatic carbocycles. The number of benzene rings is 2. The van der Waals surface area contributed by atoms with Crippen LogP contribution in [-0.2, 0) is 4.79 Å². The van der Waals surface area contributed by atoms with E-state index < -0.39 is 5.97 Å². The quantitative estimate of drug-likeness (QED) is 0.720. The van der Waals surface area contributed by atoms with E-state index in [1.165, 1.54) is 0 Å². The SMILES string of the molecule is O=C(O)c1cccc([C@@H]2C[C@H]2C(=O)Nc2ccc3cncc(Cl)c3c2)c1. The van der Waals surface area contributed by atoms with Crippen LogP contribution in [0.1, 0.15) is 28.3 Å². The summed E-state index contributed by atoms with van der Waals surface area (Å²) in [6.07, 6.45) is 4.01. The molecule has 0 bridgehead atoms. The molecule has 3 aromatic rings. The van der Waals surface area contributed by atoms with Gasteiger partial charge in [0.2, 0.25) is 5.91 Å². The van der Waals surface area contributed by atoms with Gasteiger partial charge in [0.15, 0.2) is 0 Å². The fourth-order valence-electron chi connectivity index (χ4n) is 3.20. The number of rotatable bonds is 4. The van der Waals surface area contributed by atoms with Crippen molar-refractivity contribution in [2.45, 2.75) is 12.3 Å². The minimum atomic E-state index is -0.962. The monoisotopic (exact) mass is 366 g/mol. The van der Waals surface area contributed by atoms with Gasteiger partial charge in [-0.15, -0.1) is 0 Å². The standard InChI is InChI=1S/C20H15ClN2O3/c21-18-10-22-9-13-4-5-14(7-16(13)18)23-19(24)17-8-15(17)11-2-1-3-12(6-11)20(25)26/h1-7,9-10,15,17H,8H2,(H,23,24)(H,25,26)/t15-,17+/m0/s1. The van der Waals surface area contributed by atoms with Crippen LogP contribution in [0.4, 0.5) is 5.69 Å². The zero-order valence-corrected chi connectivity index (χ0v) is 14.4. The maximum Gasteiger partial charge on any atom is 0.335 e. The highest BCUT2D eigenvalue weighted by Crippen LogP contribution is 2.48. The molecule has 1 aliphatic carbocycles. The second-order valence-corrected chi connectivity index (χ2v) is 6.83. The molecule has 26 heavy (non-hydrogen) atoms. The second-order valence-electron chi connectivity index (χ2n) is 6.43. The normalized spacial score (nSPS) is 18.5. The number of carboxylic acid groups (broad SMARTS) is 1. The Morgan fingerprint density at radius 1 is 1.15 bits per heavy atom. The maximum absolute atomic E-state index is 12.5. The third-order valence-corrected chi connectivity index (χ3v) is 4.97. The lowest BCUT2D eigenvalue weighted by atomic mass is 10.1. The highest BCUT2D eigenvalue weighted by molar-refractivity contribution is 6.35. The zero-order valence-electron chi connectivity index (χ0n) is 13.6. The summed E-state index contributed by atoms with van der Waals surface area (Å²) in [5.74, 6) is -1.12. The van der Waals surface area contributed by atoms with E-state index in [9.17, 15) is 9.59 Å². The van der Waals surface area contributed by atoms with Crippen LogP contribution in [0.25, 0.3) is 10.8 Å². The molecule has 2 N–H and O–H groups in total. The Kier molecular flexibility index (Phi) is 4.09. The summed E-state index contributed by atoms with van der Waals surface area (Å²) in [4.78, 5) is 27.7. The van der Waals surface area contributed by atoms with E-state index in [0.29, 0.717) is 17.1 Å². The molecular weight excluding hydrogens is 352 g/mol. The Morgan fingerprint density at radius 2 is 2.00 bits per heavy atom. The van der Waals surface area contributed by atoms with Gasteiger partial charge in [0.25, 0.3) is 0 Å². The van der Waals surface area contributed by atoms with Gasteiger partial charge in [0.05, 0.1) is 10.6 Å². The Balaban J connectivity index is 1.49. The van der Waals surface area contributed by atoms with E-state index >= 15 is 0 Å². The number of halogens is 1. The number of carbonyl (C=O) groups is 2. The van der Waals surface area contributed by atoms with Crippen LogP contribution in [0.2, 0.25) is 5.02 Å².